The van der Waals surface area contributed by atoms with Crippen molar-refractivity contribution in [2.24, 2.45) is 0 Å². The Morgan fingerprint density at radius 1 is 1.15 bits per heavy atom. The number of carbonyl (C=O) groups excluding carboxylic acids is 1. The van der Waals surface area contributed by atoms with E-state index in [1.165, 1.54) is 24.3 Å². The van der Waals surface area contributed by atoms with Gasteiger partial charge in [-0.25, -0.2) is 4.39 Å². The SMILES string of the molecule is O=C(Cl)c1cc(Cl)c(OCc2cccc(F)c2)c(Cl)c1. The van der Waals surface area contributed by atoms with Crippen molar-refractivity contribution >= 4 is 40.0 Å². The molecular weight excluding hydrogens is 326 g/mol. The summed E-state index contributed by atoms with van der Waals surface area (Å²) in [6.07, 6.45) is 0. The fourth-order valence-corrected chi connectivity index (χ4v) is 2.30. The van der Waals surface area contributed by atoms with Crippen molar-refractivity contribution in [2.75, 3.05) is 0 Å². The van der Waals surface area contributed by atoms with Crippen LogP contribution in [0.25, 0.3) is 0 Å². The number of carbonyl (C=O) groups is 1. The molecule has 0 saturated carbocycles. The lowest BCUT2D eigenvalue weighted by Crippen LogP contribution is -1.98. The van der Waals surface area contributed by atoms with E-state index >= 15 is 0 Å². The van der Waals surface area contributed by atoms with E-state index in [0.29, 0.717) is 5.56 Å². The van der Waals surface area contributed by atoms with Crippen molar-refractivity contribution in [3.05, 3.63) is 63.4 Å². The van der Waals surface area contributed by atoms with Gasteiger partial charge in [0.15, 0.2) is 5.75 Å². The van der Waals surface area contributed by atoms with Crippen LogP contribution in [0.1, 0.15) is 15.9 Å². The first-order valence-corrected chi connectivity index (χ1v) is 6.67. The molecule has 104 valence electrons. The van der Waals surface area contributed by atoms with E-state index in [9.17, 15) is 9.18 Å². The number of rotatable bonds is 4. The maximum absolute atomic E-state index is 13.0. The van der Waals surface area contributed by atoms with Gasteiger partial charge in [0, 0.05) is 5.56 Å². The highest BCUT2D eigenvalue weighted by Crippen LogP contribution is 2.35. The first-order chi connectivity index (χ1) is 9.47. The standard InChI is InChI=1S/C14H8Cl3FO2/c15-11-5-9(14(17)19)6-12(16)13(11)20-7-8-2-1-3-10(18)4-8/h1-6H,7H2. The van der Waals surface area contributed by atoms with Gasteiger partial charge in [-0.15, -0.1) is 0 Å². The number of hydrogen-bond donors (Lipinski definition) is 0. The van der Waals surface area contributed by atoms with Gasteiger partial charge in [0.05, 0.1) is 10.0 Å². The summed E-state index contributed by atoms with van der Waals surface area (Å²) in [7, 11) is 0. The zero-order valence-corrected chi connectivity index (χ0v) is 12.3. The Morgan fingerprint density at radius 2 is 1.80 bits per heavy atom. The van der Waals surface area contributed by atoms with Crippen LogP contribution < -0.4 is 4.74 Å². The zero-order valence-electron chi connectivity index (χ0n) is 10.00. The summed E-state index contributed by atoms with van der Waals surface area (Å²) in [5.41, 5.74) is 0.814. The molecule has 2 aromatic rings. The average molecular weight is 334 g/mol. The van der Waals surface area contributed by atoms with Crippen LogP contribution in [0.2, 0.25) is 10.0 Å². The summed E-state index contributed by atoms with van der Waals surface area (Å²) in [6.45, 7) is 0.103. The van der Waals surface area contributed by atoms with Crippen LogP contribution in [0, 0.1) is 5.82 Å². The normalized spacial score (nSPS) is 10.4. The van der Waals surface area contributed by atoms with Crippen LogP contribution in [-0.2, 0) is 6.61 Å². The summed E-state index contributed by atoms with van der Waals surface area (Å²) >= 11 is 17.3. The van der Waals surface area contributed by atoms with E-state index in [-0.39, 0.29) is 33.8 Å². The lowest BCUT2D eigenvalue weighted by Gasteiger charge is -2.11. The fraction of sp³-hybridized carbons (Fsp3) is 0.0714. The average Bonchev–Trinajstić information content (AvgIpc) is 2.37. The Morgan fingerprint density at radius 3 is 2.35 bits per heavy atom. The second-order valence-electron chi connectivity index (χ2n) is 3.96. The predicted octanol–water partition coefficient (Wildman–Crippen LogP) is 5.09. The van der Waals surface area contributed by atoms with Crippen molar-refractivity contribution in [3.63, 3.8) is 0 Å². The van der Waals surface area contributed by atoms with Crippen LogP contribution in [-0.4, -0.2) is 5.24 Å². The monoisotopic (exact) mass is 332 g/mol. The third-order valence-electron chi connectivity index (χ3n) is 2.50. The molecule has 2 nitrogen and oxygen atoms in total. The van der Waals surface area contributed by atoms with Gasteiger partial charge in [-0.05, 0) is 41.4 Å². The molecule has 0 atom stereocenters. The van der Waals surface area contributed by atoms with Crippen molar-refractivity contribution < 1.29 is 13.9 Å². The minimum atomic E-state index is -0.662. The van der Waals surface area contributed by atoms with Gasteiger partial charge >= 0.3 is 0 Å². The second-order valence-corrected chi connectivity index (χ2v) is 5.12. The number of halogens is 4. The predicted molar refractivity (Wildman–Crippen MR) is 77.4 cm³/mol. The molecule has 20 heavy (non-hydrogen) atoms. The van der Waals surface area contributed by atoms with E-state index < -0.39 is 5.24 Å². The smallest absolute Gasteiger partial charge is 0.252 e. The zero-order chi connectivity index (χ0) is 14.7. The molecule has 0 fully saturated rings. The van der Waals surface area contributed by atoms with Gasteiger partial charge in [-0.2, -0.15) is 0 Å². The van der Waals surface area contributed by atoms with Crippen molar-refractivity contribution in [2.45, 2.75) is 6.61 Å². The third kappa shape index (κ3) is 3.63. The Kier molecular flexibility index (Phi) is 4.86. The summed E-state index contributed by atoms with van der Waals surface area (Å²) in [5.74, 6) is -0.134. The molecule has 0 radical (unpaired) electrons. The van der Waals surface area contributed by atoms with Crippen LogP contribution in [0.5, 0.6) is 5.75 Å². The first-order valence-electron chi connectivity index (χ1n) is 5.53. The molecule has 0 N–H and O–H groups in total. The molecule has 0 unspecified atom stereocenters. The Hall–Kier alpha value is -1.29. The van der Waals surface area contributed by atoms with Gasteiger partial charge in [0.2, 0.25) is 0 Å². The fourth-order valence-electron chi connectivity index (χ4n) is 1.59. The summed E-state index contributed by atoms with van der Waals surface area (Å²) in [6, 6.07) is 8.70. The van der Waals surface area contributed by atoms with E-state index in [1.807, 2.05) is 0 Å². The van der Waals surface area contributed by atoms with Crippen molar-refractivity contribution in [3.8, 4) is 5.75 Å². The minimum Gasteiger partial charge on any atom is -0.486 e. The summed E-state index contributed by atoms with van der Waals surface area (Å²) in [5, 5.41) is -0.332. The second kappa shape index (κ2) is 6.44. The maximum atomic E-state index is 13.0. The number of ether oxygens (including phenoxy) is 1. The van der Waals surface area contributed by atoms with Crippen molar-refractivity contribution in [1.29, 1.82) is 0 Å². The van der Waals surface area contributed by atoms with Gasteiger partial charge in [0.1, 0.15) is 12.4 Å². The van der Waals surface area contributed by atoms with Gasteiger partial charge in [0.25, 0.3) is 5.24 Å². The molecule has 0 saturated heterocycles. The largest absolute Gasteiger partial charge is 0.486 e. The van der Waals surface area contributed by atoms with Gasteiger partial charge in [-0.1, -0.05) is 35.3 Å². The molecule has 2 aromatic carbocycles. The molecule has 0 aliphatic carbocycles. The quantitative estimate of drug-likeness (QED) is 0.728. The number of benzene rings is 2. The van der Waals surface area contributed by atoms with Crippen molar-refractivity contribution in [1.82, 2.24) is 0 Å². The molecule has 2 rings (SSSR count). The molecule has 0 bridgehead atoms. The van der Waals surface area contributed by atoms with Gasteiger partial charge in [-0.3, -0.25) is 4.79 Å². The van der Waals surface area contributed by atoms with E-state index in [0.717, 1.165) is 0 Å². The highest BCUT2D eigenvalue weighted by atomic mass is 35.5. The summed E-state index contributed by atoms with van der Waals surface area (Å²) < 4.78 is 18.5. The lowest BCUT2D eigenvalue weighted by molar-refractivity contribution is 0.108. The molecule has 6 heteroatoms. The van der Waals surface area contributed by atoms with Crippen LogP contribution in [0.15, 0.2) is 36.4 Å². The summed E-state index contributed by atoms with van der Waals surface area (Å²) in [4.78, 5) is 11.0. The van der Waals surface area contributed by atoms with Crippen LogP contribution >= 0.6 is 34.8 Å². The first kappa shape index (κ1) is 15.1. The molecule has 0 heterocycles. The Balaban J connectivity index is 2.20. The molecule has 0 amide bonds. The maximum Gasteiger partial charge on any atom is 0.252 e. The van der Waals surface area contributed by atoms with E-state index in [2.05, 4.69) is 0 Å². The van der Waals surface area contributed by atoms with E-state index in [1.54, 1.807) is 12.1 Å². The molecule has 0 spiro atoms. The van der Waals surface area contributed by atoms with Crippen LogP contribution in [0.3, 0.4) is 0 Å². The minimum absolute atomic E-state index is 0.103. The molecule has 0 aliphatic heterocycles. The van der Waals surface area contributed by atoms with Gasteiger partial charge < -0.3 is 4.74 Å². The third-order valence-corrected chi connectivity index (χ3v) is 3.28. The highest BCUT2D eigenvalue weighted by molar-refractivity contribution is 6.68. The highest BCUT2D eigenvalue weighted by Gasteiger charge is 2.13. The Bertz CT molecular complexity index is 636. The topological polar surface area (TPSA) is 26.3 Å². The lowest BCUT2D eigenvalue weighted by atomic mass is 10.2. The Labute approximate surface area is 130 Å². The van der Waals surface area contributed by atoms with E-state index in [4.69, 9.17) is 39.5 Å². The molecule has 0 aliphatic rings. The molecule has 0 aromatic heterocycles. The molecular formula is C14H8Cl3FO2. The van der Waals surface area contributed by atoms with Crippen LogP contribution in [0.4, 0.5) is 4.39 Å². The number of hydrogen-bond acceptors (Lipinski definition) is 2.